The van der Waals surface area contributed by atoms with Crippen LogP contribution in [0.15, 0.2) is 58.0 Å². The van der Waals surface area contributed by atoms with Gasteiger partial charge in [-0.05, 0) is 49.4 Å². The number of methoxy groups -OCH3 is 2. The van der Waals surface area contributed by atoms with Crippen LogP contribution < -0.4 is 20.6 Å². The SMILES string of the molecule is COc1ccc(C=C2C(=O)N(c3ccc(S(=O)(=O)O)cc3)N=C2C)c(OC)c1.N. The monoisotopic (exact) mass is 419 g/mol. The van der Waals surface area contributed by atoms with Crippen molar-refractivity contribution in [3.63, 3.8) is 0 Å². The number of carbonyl (C=O) groups is 1. The van der Waals surface area contributed by atoms with Crippen molar-refractivity contribution in [2.75, 3.05) is 19.2 Å². The first-order valence-electron chi connectivity index (χ1n) is 8.16. The zero-order chi connectivity index (χ0) is 20.5. The molecule has 0 fully saturated rings. The minimum absolute atomic E-state index is 0. The zero-order valence-corrected chi connectivity index (χ0v) is 16.9. The molecule has 0 unspecified atom stereocenters. The summed E-state index contributed by atoms with van der Waals surface area (Å²) < 4.78 is 41.9. The molecular formula is C19H21N3O6S. The van der Waals surface area contributed by atoms with Crippen molar-refractivity contribution >= 4 is 33.5 Å². The zero-order valence-electron chi connectivity index (χ0n) is 16.1. The molecule has 2 aromatic carbocycles. The molecule has 1 heterocycles. The molecule has 0 aromatic heterocycles. The molecule has 4 N–H and O–H groups in total. The normalized spacial score (nSPS) is 15.2. The van der Waals surface area contributed by atoms with Crippen molar-refractivity contribution in [2.45, 2.75) is 11.8 Å². The van der Waals surface area contributed by atoms with E-state index in [9.17, 15) is 13.2 Å². The average molecular weight is 419 g/mol. The number of anilines is 1. The molecule has 154 valence electrons. The fourth-order valence-corrected chi connectivity index (χ4v) is 3.19. The highest BCUT2D eigenvalue weighted by atomic mass is 32.2. The van der Waals surface area contributed by atoms with Gasteiger partial charge in [-0.1, -0.05) is 0 Å². The van der Waals surface area contributed by atoms with Crippen LogP contribution in [0.4, 0.5) is 5.69 Å². The molecule has 10 heteroatoms. The van der Waals surface area contributed by atoms with E-state index in [1.807, 2.05) is 0 Å². The first kappa shape index (κ1) is 22.1. The first-order chi connectivity index (χ1) is 13.2. The summed E-state index contributed by atoms with van der Waals surface area (Å²) in [5, 5.41) is 5.42. The Morgan fingerprint density at radius 3 is 2.28 bits per heavy atom. The van der Waals surface area contributed by atoms with Gasteiger partial charge in [-0.25, -0.2) is 0 Å². The largest absolute Gasteiger partial charge is 0.497 e. The molecule has 0 radical (unpaired) electrons. The second kappa shape index (κ2) is 8.43. The maximum Gasteiger partial charge on any atom is 0.294 e. The van der Waals surface area contributed by atoms with Crippen LogP contribution in [0.5, 0.6) is 11.5 Å². The predicted molar refractivity (Wildman–Crippen MR) is 109 cm³/mol. The van der Waals surface area contributed by atoms with Crippen LogP contribution in [-0.2, 0) is 14.9 Å². The maximum atomic E-state index is 12.8. The number of hydrogen-bond donors (Lipinski definition) is 2. The van der Waals surface area contributed by atoms with Gasteiger partial charge in [0.2, 0.25) is 0 Å². The molecular weight excluding hydrogens is 398 g/mol. The summed E-state index contributed by atoms with van der Waals surface area (Å²) in [6, 6.07) is 10.4. The number of hydrazone groups is 1. The summed E-state index contributed by atoms with van der Waals surface area (Å²) >= 11 is 0. The van der Waals surface area contributed by atoms with Gasteiger partial charge in [0, 0.05) is 11.6 Å². The third kappa shape index (κ3) is 4.45. The summed E-state index contributed by atoms with van der Waals surface area (Å²) in [6.07, 6.45) is 1.67. The first-order valence-corrected chi connectivity index (χ1v) is 9.60. The number of amides is 1. The quantitative estimate of drug-likeness (QED) is 0.561. The van der Waals surface area contributed by atoms with Gasteiger partial charge in [0.1, 0.15) is 11.5 Å². The molecule has 1 aliphatic rings. The number of hydrogen-bond acceptors (Lipinski definition) is 7. The van der Waals surface area contributed by atoms with Gasteiger partial charge in [-0.15, -0.1) is 0 Å². The molecule has 9 nitrogen and oxygen atoms in total. The topological polar surface area (TPSA) is 140 Å². The maximum absolute atomic E-state index is 12.8. The fourth-order valence-electron chi connectivity index (χ4n) is 2.71. The van der Waals surface area contributed by atoms with Crippen molar-refractivity contribution in [1.82, 2.24) is 6.15 Å². The number of benzene rings is 2. The Balaban J connectivity index is 0.00000300. The lowest BCUT2D eigenvalue weighted by Gasteiger charge is -2.12. The molecule has 0 spiro atoms. The van der Waals surface area contributed by atoms with E-state index in [1.165, 1.54) is 36.4 Å². The van der Waals surface area contributed by atoms with E-state index in [2.05, 4.69) is 5.10 Å². The van der Waals surface area contributed by atoms with Gasteiger partial charge in [-0.2, -0.15) is 18.5 Å². The van der Waals surface area contributed by atoms with E-state index in [0.29, 0.717) is 34.0 Å². The van der Waals surface area contributed by atoms with Gasteiger partial charge in [0.05, 0.1) is 36.1 Å². The van der Waals surface area contributed by atoms with Crippen LogP contribution in [0.3, 0.4) is 0 Å². The van der Waals surface area contributed by atoms with E-state index in [-0.39, 0.29) is 17.0 Å². The molecule has 2 aromatic rings. The molecule has 0 saturated heterocycles. The molecule has 3 rings (SSSR count). The molecule has 29 heavy (non-hydrogen) atoms. The Labute approximate surface area is 168 Å². The standard InChI is InChI=1S/C19H18N2O6S.H3N/c1-12-17(10-13-4-7-15(26-2)11-18(13)27-3)19(22)21(20-12)14-5-8-16(9-6-14)28(23,24)25;/h4-11H,1-3H3,(H,23,24,25);1H3. The van der Waals surface area contributed by atoms with Crippen molar-refractivity contribution < 1.29 is 27.2 Å². The van der Waals surface area contributed by atoms with Crippen molar-refractivity contribution in [1.29, 1.82) is 0 Å². The Morgan fingerprint density at radius 1 is 1.07 bits per heavy atom. The Kier molecular flexibility index (Phi) is 6.42. The third-order valence-electron chi connectivity index (χ3n) is 4.18. The van der Waals surface area contributed by atoms with Gasteiger partial charge in [-0.3, -0.25) is 9.35 Å². The van der Waals surface area contributed by atoms with E-state index in [4.69, 9.17) is 14.0 Å². The lowest BCUT2D eigenvalue weighted by molar-refractivity contribution is -0.114. The molecule has 0 aliphatic carbocycles. The Morgan fingerprint density at radius 2 is 1.72 bits per heavy atom. The molecule has 1 amide bonds. The lowest BCUT2D eigenvalue weighted by atomic mass is 10.1. The average Bonchev–Trinajstić information content (AvgIpc) is 2.96. The van der Waals surface area contributed by atoms with Gasteiger partial charge >= 0.3 is 0 Å². The van der Waals surface area contributed by atoms with E-state index < -0.39 is 10.1 Å². The van der Waals surface area contributed by atoms with Crippen LogP contribution in [0.2, 0.25) is 0 Å². The van der Waals surface area contributed by atoms with E-state index in [1.54, 1.807) is 38.3 Å². The molecule has 0 atom stereocenters. The summed E-state index contributed by atoms with van der Waals surface area (Å²) in [6.45, 7) is 1.70. The minimum Gasteiger partial charge on any atom is -0.497 e. The lowest BCUT2D eigenvalue weighted by Crippen LogP contribution is -2.21. The van der Waals surface area contributed by atoms with Crippen molar-refractivity contribution in [3.8, 4) is 11.5 Å². The number of nitrogens with zero attached hydrogens (tertiary/aromatic N) is 2. The van der Waals surface area contributed by atoms with Crippen LogP contribution >= 0.6 is 0 Å². The highest BCUT2D eigenvalue weighted by molar-refractivity contribution is 7.85. The molecule has 1 aliphatic heterocycles. The number of rotatable bonds is 5. The minimum atomic E-state index is -4.31. The number of carbonyl (C=O) groups excluding carboxylic acids is 1. The van der Waals surface area contributed by atoms with Crippen molar-refractivity contribution in [3.05, 3.63) is 53.6 Å². The second-order valence-corrected chi connectivity index (χ2v) is 7.36. The van der Waals surface area contributed by atoms with Crippen molar-refractivity contribution in [2.24, 2.45) is 5.10 Å². The van der Waals surface area contributed by atoms with E-state index in [0.717, 1.165) is 0 Å². The van der Waals surface area contributed by atoms with Crippen LogP contribution in [0, 0.1) is 0 Å². The van der Waals surface area contributed by atoms with Crippen LogP contribution in [-0.4, -0.2) is 38.8 Å². The Hall–Kier alpha value is -3.21. The summed E-state index contributed by atoms with van der Waals surface area (Å²) in [7, 11) is -1.23. The van der Waals surface area contributed by atoms with Gasteiger partial charge < -0.3 is 15.6 Å². The smallest absolute Gasteiger partial charge is 0.294 e. The fraction of sp³-hybridized carbons (Fsp3) is 0.158. The van der Waals surface area contributed by atoms with Gasteiger partial charge in [0.15, 0.2) is 0 Å². The highest BCUT2D eigenvalue weighted by Crippen LogP contribution is 2.30. The molecule has 0 bridgehead atoms. The van der Waals surface area contributed by atoms with Gasteiger partial charge in [0.25, 0.3) is 16.0 Å². The third-order valence-corrected chi connectivity index (χ3v) is 5.05. The van der Waals surface area contributed by atoms with Crippen LogP contribution in [0.1, 0.15) is 12.5 Å². The highest BCUT2D eigenvalue weighted by Gasteiger charge is 2.29. The Bertz CT molecular complexity index is 1090. The molecule has 0 saturated carbocycles. The van der Waals surface area contributed by atoms with Crippen LogP contribution in [0.25, 0.3) is 6.08 Å². The summed E-state index contributed by atoms with van der Waals surface area (Å²) in [5.74, 6) is 0.807. The number of ether oxygens (including phenoxy) is 2. The summed E-state index contributed by atoms with van der Waals surface area (Å²) in [5.41, 5.74) is 1.94. The van der Waals surface area contributed by atoms with E-state index >= 15 is 0 Å². The predicted octanol–water partition coefficient (Wildman–Crippen LogP) is 2.92. The second-order valence-electron chi connectivity index (χ2n) is 5.94. The summed E-state index contributed by atoms with van der Waals surface area (Å²) in [4.78, 5) is 12.6.